The van der Waals surface area contributed by atoms with Gasteiger partial charge in [0, 0.05) is 50.2 Å². The molecule has 2 aromatic heterocycles. The van der Waals surface area contributed by atoms with Gasteiger partial charge in [0.25, 0.3) is 0 Å². The predicted octanol–water partition coefficient (Wildman–Crippen LogP) is 2.80. The van der Waals surface area contributed by atoms with Gasteiger partial charge in [-0.3, -0.25) is 4.99 Å². The molecule has 0 radical (unpaired) electrons. The lowest BCUT2D eigenvalue weighted by Crippen LogP contribution is -2.42. The van der Waals surface area contributed by atoms with E-state index < -0.39 is 0 Å². The third-order valence-electron chi connectivity index (χ3n) is 5.43. The molecule has 3 heterocycles. The normalized spacial score (nSPS) is 16.4. The Morgan fingerprint density at radius 2 is 2.21 bits per heavy atom. The van der Waals surface area contributed by atoms with Crippen LogP contribution in [-0.4, -0.2) is 45.8 Å². The number of nitrogens with one attached hydrogen (secondary N) is 3. The molecular weight excluding hydrogens is 484 g/mol. The third-order valence-corrected chi connectivity index (χ3v) is 5.43. The minimum Gasteiger partial charge on any atom is -0.361 e. The van der Waals surface area contributed by atoms with E-state index in [0.29, 0.717) is 5.92 Å². The molecule has 0 aliphatic carbocycles. The van der Waals surface area contributed by atoms with Crippen molar-refractivity contribution in [2.75, 3.05) is 20.1 Å². The molecule has 0 amide bonds. The Morgan fingerprint density at radius 3 is 3.03 bits per heavy atom. The Morgan fingerprint density at radius 1 is 1.34 bits per heavy atom. The molecule has 0 saturated carbocycles. The van der Waals surface area contributed by atoms with E-state index in [4.69, 9.17) is 0 Å². The van der Waals surface area contributed by atoms with Crippen LogP contribution in [0.5, 0.6) is 0 Å². The molecule has 3 N–H and O–H groups in total. The Kier molecular flexibility index (Phi) is 7.09. The fourth-order valence-corrected chi connectivity index (χ4v) is 3.84. The zero-order valence-corrected chi connectivity index (χ0v) is 19.0. The van der Waals surface area contributed by atoms with E-state index >= 15 is 0 Å². The number of benzene rings is 1. The molecule has 0 saturated heterocycles. The lowest BCUT2D eigenvalue weighted by Gasteiger charge is -2.25. The van der Waals surface area contributed by atoms with Gasteiger partial charge < -0.3 is 20.2 Å². The molecule has 3 aromatic rings. The van der Waals surface area contributed by atoms with Crippen LogP contribution in [0.15, 0.2) is 29.4 Å². The molecule has 4 rings (SSSR count). The number of aromatic nitrogens is 4. The molecule has 7 nitrogen and oxygen atoms in total. The van der Waals surface area contributed by atoms with Crippen molar-refractivity contribution in [2.24, 2.45) is 10.9 Å². The summed E-state index contributed by atoms with van der Waals surface area (Å²) in [5.41, 5.74) is 2.00. The zero-order chi connectivity index (χ0) is 19.5. The summed E-state index contributed by atoms with van der Waals surface area (Å²) in [5.74, 6) is 3.19. The van der Waals surface area contributed by atoms with E-state index in [1.165, 1.54) is 17.7 Å². The fourth-order valence-electron chi connectivity index (χ4n) is 3.84. The van der Waals surface area contributed by atoms with Crippen LogP contribution in [-0.2, 0) is 19.4 Å². The average Bonchev–Trinajstić information content (AvgIpc) is 3.27. The van der Waals surface area contributed by atoms with Gasteiger partial charge in [-0.25, -0.2) is 4.39 Å². The van der Waals surface area contributed by atoms with Crippen LogP contribution < -0.4 is 10.6 Å². The van der Waals surface area contributed by atoms with Crippen LogP contribution in [0.3, 0.4) is 0 Å². The van der Waals surface area contributed by atoms with Gasteiger partial charge in [-0.05, 0) is 49.4 Å². The molecule has 1 aliphatic rings. The number of halogens is 2. The quantitative estimate of drug-likeness (QED) is 0.280. The van der Waals surface area contributed by atoms with Gasteiger partial charge in [0.2, 0.25) is 0 Å². The zero-order valence-electron chi connectivity index (χ0n) is 16.7. The van der Waals surface area contributed by atoms with Crippen molar-refractivity contribution < 1.29 is 4.39 Å². The maximum absolute atomic E-state index is 13.3. The number of aliphatic imine (C=N–C) groups is 1. The lowest BCUT2D eigenvalue weighted by atomic mass is 9.99. The van der Waals surface area contributed by atoms with Gasteiger partial charge >= 0.3 is 0 Å². The lowest BCUT2D eigenvalue weighted by molar-refractivity contribution is 0.358. The van der Waals surface area contributed by atoms with Crippen molar-refractivity contribution in [1.82, 2.24) is 30.4 Å². The van der Waals surface area contributed by atoms with E-state index in [2.05, 4.69) is 35.4 Å². The van der Waals surface area contributed by atoms with Crippen LogP contribution in [0.4, 0.5) is 4.39 Å². The van der Waals surface area contributed by atoms with Crippen molar-refractivity contribution >= 4 is 40.8 Å². The molecule has 156 valence electrons. The maximum Gasteiger partial charge on any atom is 0.190 e. The summed E-state index contributed by atoms with van der Waals surface area (Å²) in [7, 11) is 1.78. The average molecular weight is 511 g/mol. The van der Waals surface area contributed by atoms with E-state index in [0.717, 1.165) is 67.4 Å². The topological polar surface area (TPSA) is 82.9 Å². The fraction of sp³-hybridized carbons (Fsp3) is 0.450. The second-order valence-corrected chi connectivity index (χ2v) is 7.31. The highest BCUT2D eigenvalue weighted by Crippen LogP contribution is 2.20. The summed E-state index contributed by atoms with van der Waals surface area (Å²) in [6.07, 6.45) is 4.86. The van der Waals surface area contributed by atoms with Crippen LogP contribution in [0.2, 0.25) is 0 Å². The summed E-state index contributed by atoms with van der Waals surface area (Å²) < 4.78 is 15.5. The van der Waals surface area contributed by atoms with Crippen molar-refractivity contribution in [3.05, 3.63) is 47.4 Å². The maximum atomic E-state index is 13.3. The molecule has 1 unspecified atom stereocenters. The van der Waals surface area contributed by atoms with Gasteiger partial charge in [-0.1, -0.05) is 0 Å². The molecule has 0 spiro atoms. The van der Waals surface area contributed by atoms with Gasteiger partial charge in [-0.2, -0.15) is 0 Å². The van der Waals surface area contributed by atoms with Crippen molar-refractivity contribution in [3.63, 3.8) is 0 Å². The summed E-state index contributed by atoms with van der Waals surface area (Å²) in [4.78, 5) is 7.46. The summed E-state index contributed by atoms with van der Waals surface area (Å²) in [5, 5.41) is 16.3. The molecule has 29 heavy (non-hydrogen) atoms. The molecule has 1 aromatic carbocycles. The molecular formula is C20H27FIN7. The van der Waals surface area contributed by atoms with Crippen LogP contribution in [0.25, 0.3) is 10.9 Å². The summed E-state index contributed by atoms with van der Waals surface area (Å²) in [6, 6.07) is 4.86. The predicted molar refractivity (Wildman–Crippen MR) is 123 cm³/mol. The van der Waals surface area contributed by atoms with Gasteiger partial charge in [0.05, 0.1) is 0 Å². The second-order valence-electron chi connectivity index (χ2n) is 7.31. The Labute approximate surface area is 186 Å². The number of rotatable bonds is 5. The first kappa shape index (κ1) is 21.5. The van der Waals surface area contributed by atoms with Gasteiger partial charge in [-0.15, -0.1) is 34.2 Å². The number of aryl methyl sites for hydroxylation is 2. The minimum atomic E-state index is -0.222. The Balaban J connectivity index is 0.00000240. The molecule has 1 atom stereocenters. The van der Waals surface area contributed by atoms with Crippen LogP contribution in [0, 0.1) is 18.7 Å². The number of guanidine groups is 1. The largest absolute Gasteiger partial charge is 0.361 e. The third kappa shape index (κ3) is 4.88. The van der Waals surface area contributed by atoms with Crippen molar-refractivity contribution in [3.8, 4) is 0 Å². The van der Waals surface area contributed by atoms with Crippen LogP contribution >= 0.6 is 24.0 Å². The van der Waals surface area contributed by atoms with E-state index in [-0.39, 0.29) is 29.8 Å². The highest BCUT2D eigenvalue weighted by molar-refractivity contribution is 14.0. The van der Waals surface area contributed by atoms with Crippen molar-refractivity contribution in [1.29, 1.82) is 0 Å². The number of H-pyrrole nitrogens is 1. The second kappa shape index (κ2) is 9.55. The van der Waals surface area contributed by atoms with E-state index in [1.807, 2.05) is 19.2 Å². The molecule has 0 fully saturated rings. The smallest absolute Gasteiger partial charge is 0.190 e. The number of nitrogens with zero attached hydrogens (tertiary/aromatic N) is 4. The van der Waals surface area contributed by atoms with Crippen LogP contribution in [0.1, 0.15) is 23.6 Å². The highest BCUT2D eigenvalue weighted by atomic mass is 127. The number of hydrogen-bond acceptors (Lipinski definition) is 3. The Hall–Kier alpha value is -2.17. The molecule has 0 bridgehead atoms. The number of hydrogen-bond donors (Lipinski definition) is 3. The standard InChI is InChI=1S/C20H26FN7.HI/c1-13-26-27-19-6-3-14(12-28(13)19)10-25-20(22-2)23-8-7-15-11-24-18-9-16(21)4-5-17(15)18;/h4-5,9,11,14,24H,3,6-8,10,12H2,1-2H3,(H2,22,23,25);1H. The minimum absolute atomic E-state index is 0. The molecule has 1 aliphatic heterocycles. The van der Waals surface area contributed by atoms with Gasteiger partial charge in [0.1, 0.15) is 17.5 Å². The number of fused-ring (bicyclic) bond motifs is 2. The highest BCUT2D eigenvalue weighted by Gasteiger charge is 2.21. The number of aromatic amines is 1. The van der Waals surface area contributed by atoms with E-state index in [1.54, 1.807) is 7.05 Å². The monoisotopic (exact) mass is 511 g/mol. The SMILES string of the molecule is CN=C(NCCc1c[nH]c2cc(F)ccc12)NCC1CCc2nnc(C)n2C1.I. The summed E-state index contributed by atoms with van der Waals surface area (Å²) >= 11 is 0. The Bertz CT molecular complexity index is 994. The molecule has 9 heteroatoms. The van der Waals surface area contributed by atoms with Crippen molar-refractivity contribution in [2.45, 2.75) is 32.7 Å². The van der Waals surface area contributed by atoms with E-state index in [9.17, 15) is 4.39 Å². The first-order chi connectivity index (χ1) is 13.6. The van der Waals surface area contributed by atoms with Gasteiger partial charge in [0.15, 0.2) is 5.96 Å². The first-order valence-corrected chi connectivity index (χ1v) is 9.72. The first-order valence-electron chi connectivity index (χ1n) is 9.72. The summed E-state index contributed by atoms with van der Waals surface area (Å²) in [6.45, 7) is 4.57.